The first kappa shape index (κ1) is 13.5. The number of rotatable bonds is 5. The number of nitrogens with zero attached hydrogens (tertiary/aromatic N) is 1. The van der Waals surface area contributed by atoms with E-state index in [9.17, 15) is 4.79 Å². The Morgan fingerprint density at radius 2 is 2.42 bits per heavy atom. The molecule has 100 valence electrons. The van der Waals surface area contributed by atoms with E-state index in [1.807, 2.05) is 12.1 Å². The summed E-state index contributed by atoms with van der Waals surface area (Å²) < 4.78 is 10.2. The summed E-state index contributed by atoms with van der Waals surface area (Å²) in [6.45, 7) is 2.07. The van der Waals surface area contributed by atoms with E-state index < -0.39 is 5.97 Å². The number of carbonyl (C=O) groups excluding carboxylic acids is 1. The van der Waals surface area contributed by atoms with Crippen molar-refractivity contribution >= 4 is 23.4 Å². The van der Waals surface area contributed by atoms with Crippen LogP contribution < -0.4 is 5.73 Å². The first-order valence-electron chi connectivity index (χ1n) is 5.78. The van der Waals surface area contributed by atoms with E-state index >= 15 is 0 Å². The summed E-state index contributed by atoms with van der Waals surface area (Å²) in [5.41, 5.74) is 6.39. The van der Waals surface area contributed by atoms with Gasteiger partial charge in [-0.2, -0.15) is 0 Å². The number of esters is 1. The van der Waals surface area contributed by atoms with E-state index in [4.69, 9.17) is 14.9 Å². The molecule has 0 aliphatic heterocycles. The van der Waals surface area contributed by atoms with Gasteiger partial charge in [0.05, 0.1) is 41.1 Å². The molecule has 0 saturated carbocycles. The first-order chi connectivity index (χ1) is 9.20. The van der Waals surface area contributed by atoms with Crippen molar-refractivity contribution in [3.05, 3.63) is 42.0 Å². The van der Waals surface area contributed by atoms with Crippen LogP contribution in [0.15, 0.2) is 40.1 Å². The smallest absolute Gasteiger partial charge is 0.340 e. The van der Waals surface area contributed by atoms with Crippen molar-refractivity contribution in [1.29, 1.82) is 0 Å². The van der Waals surface area contributed by atoms with Gasteiger partial charge in [0.25, 0.3) is 0 Å². The maximum atomic E-state index is 11.7. The van der Waals surface area contributed by atoms with E-state index in [0.29, 0.717) is 28.6 Å². The molecule has 2 aromatic heterocycles. The summed E-state index contributed by atoms with van der Waals surface area (Å²) in [7, 11) is 0. The van der Waals surface area contributed by atoms with E-state index in [-0.39, 0.29) is 0 Å². The normalized spacial score (nSPS) is 10.4. The van der Waals surface area contributed by atoms with Gasteiger partial charge in [0, 0.05) is 0 Å². The molecule has 2 aromatic rings. The number of anilines is 1. The molecule has 0 aliphatic carbocycles. The van der Waals surface area contributed by atoms with Crippen LogP contribution in [0.5, 0.6) is 0 Å². The second-order valence-corrected chi connectivity index (χ2v) is 4.69. The number of carbonyl (C=O) groups is 1. The van der Waals surface area contributed by atoms with Crippen molar-refractivity contribution < 1.29 is 13.9 Å². The van der Waals surface area contributed by atoms with Crippen LogP contribution in [0.2, 0.25) is 0 Å². The monoisotopic (exact) mass is 278 g/mol. The fourth-order valence-electron chi connectivity index (χ4n) is 1.45. The Morgan fingerprint density at radius 1 is 1.58 bits per heavy atom. The highest BCUT2D eigenvalue weighted by Crippen LogP contribution is 2.24. The number of ether oxygens (including phenoxy) is 1. The van der Waals surface area contributed by atoms with Gasteiger partial charge in [-0.05, 0) is 25.1 Å². The number of furan rings is 1. The van der Waals surface area contributed by atoms with E-state index in [1.165, 1.54) is 18.0 Å². The lowest BCUT2D eigenvalue weighted by molar-refractivity contribution is 0.0527. The maximum Gasteiger partial charge on any atom is 0.340 e. The van der Waals surface area contributed by atoms with Gasteiger partial charge >= 0.3 is 5.97 Å². The quantitative estimate of drug-likeness (QED) is 0.669. The SMILES string of the molecule is CCOC(=O)c1cc(SCc2ccco2)ncc1N. The fraction of sp³-hybridized carbons (Fsp3) is 0.231. The summed E-state index contributed by atoms with van der Waals surface area (Å²) >= 11 is 1.47. The average Bonchev–Trinajstić information content (AvgIpc) is 2.91. The summed E-state index contributed by atoms with van der Waals surface area (Å²) in [5, 5.41) is 0.702. The van der Waals surface area contributed by atoms with Crippen LogP contribution in [0, 0.1) is 0 Å². The van der Waals surface area contributed by atoms with Crippen LogP contribution in [0.3, 0.4) is 0 Å². The van der Waals surface area contributed by atoms with Gasteiger partial charge < -0.3 is 14.9 Å². The number of hydrogen-bond acceptors (Lipinski definition) is 6. The second-order valence-electron chi connectivity index (χ2n) is 3.70. The lowest BCUT2D eigenvalue weighted by Gasteiger charge is -2.06. The predicted octanol–water partition coefficient (Wildman–Crippen LogP) is 2.73. The molecule has 5 nitrogen and oxygen atoms in total. The molecule has 0 fully saturated rings. The van der Waals surface area contributed by atoms with Crippen LogP contribution in [-0.4, -0.2) is 17.6 Å². The molecule has 2 heterocycles. The standard InChI is InChI=1S/C13H14N2O3S/c1-2-17-13(16)10-6-12(15-7-11(10)14)19-8-9-4-3-5-18-9/h3-7H,2,8,14H2,1H3. The van der Waals surface area contributed by atoms with Crippen molar-refractivity contribution in [2.75, 3.05) is 12.3 Å². The van der Waals surface area contributed by atoms with Crippen LogP contribution in [0.4, 0.5) is 5.69 Å². The molecule has 6 heteroatoms. The topological polar surface area (TPSA) is 78.3 Å². The molecule has 0 unspecified atom stereocenters. The second kappa shape index (κ2) is 6.29. The Hall–Kier alpha value is -1.95. The lowest BCUT2D eigenvalue weighted by Crippen LogP contribution is -2.08. The molecule has 0 atom stereocenters. The largest absolute Gasteiger partial charge is 0.468 e. The van der Waals surface area contributed by atoms with E-state index in [1.54, 1.807) is 19.3 Å². The molecule has 0 spiro atoms. The van der Waals surface area contributed by atoms with Crippen molar-refractivity contribution in [2.24, 2.45) is 0 Å². The average molecular weight is 278 g/mol. The minimum atomic E-state index is -0.428. The Balaban J connectivity index is 2.09. The van der Waals surface area contributed by atoms with Crippen molar-refractivity contribution in [3.8, 4) is 0 Å². The Kier molecular flexibility index (Phi) is 4.46. The fourth-order valence-corrected chi connectivity index (χ4v) is 2.23. The highest BCUT2D eigenvalue weighted by Gasteiger charge is 2.12. The lowest BCUT2D eigenvalue weighted by atomic mass is 10.2. The minimum absolute atomic E-state index is 0.315. The van der Waals surface area contributed by atoms with Crippen LogP contribution in [-0.2, 0) is 10.5 Å². The molecule has 0 saturated heterocycles. The van der Waals surface area contributed by atoms with E-state index in [2.05, 4.69) is 4.98 Å². The number of hydrogen-bond donors (Lipinski definition) is 1. The molecule has 0 radical (unpaired) electrons. The molecule has 19 heavy (non-hydrogen) atoms. The zero-order valence-electron chi connectivity index (χ0n) is 10.5. The number of nitrogens with two attached hydrogens (primary N) is 1. The first-order valence-corrected chi connectivity index (χ1v) is 6.77. The molecular formula is C13H14N2O3S. The zero-order chi connectivity index (χ0) is 13.7. The zero-order valence-corrected chi connectivity index (χ0v) is 11.3. The van der Waals surface area contributed by atoms with Crippen LogP contribution in [0.1, 0.15) is 23.0 Å². The van der Waals surface area contributed by atoms with Gasteiger partial charge in [0.1, 0.15) is 5.76 Å². The molecule has 0 aliphatic rings. The summed E-state index contributed by atoms with van der Waals surface area (Å²) in [5.74, 6) is 1.06. The highest BCUT2D eigenvalue weighted by molar-refractivity contribution is 7.98. The van der Waals surface area contributed by atoms with Crippen LogP contribution >= 0.6 is 11.8 Å². The maximum absolute atomic E-state index is 11.7. The minimum Gasteiger partial charge on any atom is -0.468 e. The number of pyridine rings is 1. The highest BCUT2D eigenvalue weighted by atomic mass is 32.2. The van der Waals surface area contributed by atoms with E-state index in [0.717, 1.165) is 5.76 Å². The molecule has 0 bridgehead atoms. The Morgan fingerprint density at radius 3 is 3.11 bits per heavy atom. The molecular weight excluding hydrogens is 264 g/mol. The molecule has 2 rings (SSSR count). The van der Waals surface area contributed by atoms with Gasteiger partial charge in [0.15, 0.2) is 0 Å². The predicted molar refractivity (Wildman–Crippen MR) is 72.9 cm³/mol. The van der Waals surface area contributed by atoms with Crippen molar-refractivity contribution in [3.63, 3.8) is 0 Å². The number of nitrogen functional groups attached to an aromatic ring is 1. The van der Waals surface area contributed by atoms with Gasteiger partial charge in [0.2, 0.25) is 0 Å². The summed E-state index contributed by atoms with van der Waals surface area (Å²) in [6.07, 6.45) is 3.09. The number of aromatic nitrogens is 1. The molecule has 0 amide bonds. The van der Waals surface area contributed by atoms with Gasteiger partial charge in [-0.25, -0.2) is 9.78 Å². The third-order valence-electron chi connectivity index (χ3n) is 2.35. The van der Waals surface area contributed by atoms with Crippen molar-refractivity contribution in [1.82, 2.24) is 4.98 Å². The van der Waals surface area contributed by atoms with Gasteiger partial charge in [-0.3, -0.25) is 0 Å². The summed E-state index contributed by atoms with van der Waals surface area (Å²) in [6, 6.07) is 5.35. The third kappa shape index (κ3) is 3.51. The summed E-state index contributed by atoms with van der Waals surface area (Å²) in [4.78, 5) is 15.9. The molecule has 2 N–H and O–H groups in total. The Bertz CT molecular complexity index is 555. The van der Waals surface area contributed by atoms with Crippen molar-refractivity contribution in [2.45, 2.75) is 17.7 Å². The van der Waals surface area contributed by atoms with Crippen LogP contribution in [0.25, 0.3) is 0 Å². The third-order valence-corrected chi connectivity index (χ3v) is 3.30. The molecule has 0 aromatic carbocycles. The number of thioether (sulfide) groups is 1. The Labute approximate surface area is 115 Å². The van der Waals surface area contributed by atoms with Gasteiger partial charge in [-0.1, -0.05) is 11.8 Å². The van der Waals surface area contributed by atoms with Gasteiger partial charge in [-0.15, -0.1) is 0 Å².